The molecule has 0 spiro atoms. The zero-order valence-corrected chi connectivity index (χ0v) is 19.7. The number of hydrogen-bond donors (Lipinski definition) is 2. The van der Waals surface area contributed by atoms with E-state index in [0.29, 0.717) is 5.82 Å². The quantitative estimate of drug-likeness (QED) is 0.406. The Morgan fingerprint density at radius 3 is 2.53 bits per heavy atom. The standard InChI is InChI=1S/C26H27N7O/c1-26(2,3)23-13-24(32(4)31-23)30-25(34)11-17-5-8-20(9-6-17)33-16-27-21-12-18(7-10-22(21)33)19-14-28-29-15-19/h5-10,12-16H,11H2,1-4H3,(H,28,29)(H,30,34). The van der Waals surface area contributed by atoms with Gasteiger partial charge in [-0.1, -0.05) is 39.0 Å². The molecule has 8 nitrogen and oxygen atoms in total. The number of hydrogen-bond acceptors (Lipinski definition) is 4. The van der Waals surface area contributed by atoms with E-state index < -0.39 is 0 Å². The zero-order chi connectivity index (χ0) is 23.9. The number of rotatable bonds is 5. The Hall–Kier alpha value is -4.20. The summed E-state index contributed by atoms with van der Waals surface area (Å²) in [7, 11) is 1.84. The third-order valence-electron chi connectivity index (χ3n) is 5.87. The molecular weight excluding hydrogens is 426 g/mol. The lowest BCUT2D eigenvalue weighted by atomic mass is 9.92. The van der Waals surface area contributed by atoms with Gasteiger partial charge in [0.2, 0.25) is 5.91 Å². The van der Waals surface area contributed by atoms with Crippen LogP contribution in [0.5, 0.6) is 0 Å². The molecule has 5 rings (SSSR count). The van der Waals surface area contributed by atoms with E-state index in [4.69, 9.17) is 0 Å². The summed E-state index contributed by atoms with van der Waals surface area (Å²) in [6.45, 7) is 6.30. The number of nitrogens with zero attached hydrogens (tertiary/aromatic N) is 5. The highest BCUT2D eigenvalue weighted by Gasteiger charge is 2.19. The van der Waals surface area contributed by atoms with Crippen molar-refractivity contribution in [1.82, 2.24) is 29.5 Å². The maximum Gasteiger partial charge on any atom is 0.229 e. The Kier molecular flexibility index (Phi) is 5.28. The molecule has 0 atom stereocenters. The SMILES string of the molecule is Cn1nc(C(C)(C)C)cc1NC(=O)Cc1ccc(-n2cnc3cc(-c4cn[nH]c4)ccc32)cc1. The number of H-pyrrole nitrogens is 1. The van der Waals surface area contributed by atoms with Crippen molar-refractivity contribution in [2.75, 3.05) is 5.32 Å². The predicted octanol–water partition coefficient (Wildman–Crippen LogP) is 4.63. The van der Waals surface area contributed by atoms with Crippen LogP contribution >= 0.6 is 0 Å². The summed E-state index contributed by atoms with van der Waals surface area (Å²) in [6, 6.07) is 16.1. The molecule has 2 N–H and O–H groups in total. The minimum Gasteiger partial charge on any atom is -0.311 e. The predicted molar refractivity (Wildman–Crippen MR) is 133 cm³/mol. The first-order valence-electron chi connectivity index (χ1n) is 11.2. The molecule has 1 amide bonds. The molecule has 0 aliphatic carbocycles. The molecule has 0 aliphatic heterocycles. The first-order valence-corrected chi connectivity index (χ1v) is 11.2. The molecule has 172 valence electrons. The van der Waals surface area contributed by atoms with Crippen molar-refractivity contribution in [2.24, 2.45) is 7.05 Å². The van der Waals surface area contributed by atoms with Crippen LogP contribution in [-0.4, -0.2) is 35.4 Å². The van der Waals surface area contributed by atoms with Gasteiger partial charge in [0.1, 0.15) is 12.1 Å². The van der Waals surface area contributed by atoms with Crippen molar-refractivity contribution >= 4 is 22.8 Å². The molecule has 3 heterocycles. The van der Waals surface area contributed by atoms with Crippen LogP contribution in [0.4, 0.5) is 5.82 Å². The highest BCUT2D eigenvalue weighted by Crippen LogP contribution is 2.26. The number of anilines is 1. The number of aryl methyl sites for hydroxylation is 1. The fourth-order valence-electron chi connectivity index (χ4n) is 3.90. The van der Waals surface area contributed by atoms with E-state index in [-0.39, 0.29) is 17.7 Å². The minimum atomic E-state index is -0.0745. The third-order valence-corrected chi connectivity index (χ3v) is 5.87. The summed E-state index contributed by atoms with van der Waals surface area (Å²) >= 11 is 0. The molecule has 3 aromatic heterocycles. The minimum absolute atomic E-state index is 0.0731. The number of fused-ring (bicyclic) bond motifs is 1. The van der Waals surface area contributed by atoms with Crippen molar-refractivity contribution < 1.29 is 4.79 Å². The van der Waals surface area contributed by atoms with Crippen molar-refractivity contribution in [1.29, 1.82) is 0 Å². The van der Waals surface area contributed by atoms with Crippen LogP contribution in [-0.2, 0) is 23.7 Å². The molecule has 5 aromatic rings. The summed E-state index contributed by atoms with van der Waals surface area (Å²) in [6.07, 6.45) is 5.77. The van der Waals surface area contributed by atoms with Gasteiger partial charge in [-0.2, -0.15) is 10.2 Å². The topological polar surface area (TPSA) is 93.4 Å². The number of aromatic nitrogens is 6. The van der Waals surface area contributed by atoms with Crippen LogP contribution in [0, 0.1) is 0 Å². The number of carbonyl (C=O) groups is 1. The van der Waals surface area contributed by atoms with Crippen molar-refractivity contribution in [3.05, 3.63) is 78.5 Å². The smallest absolute Gasteiger partial charge is 0.229 e. The number of imidazole rings is 1. The Morgan fingerprint density at radius 1 is 1.06 bits per heavy atom. The summed E-state index contributed by atoms with van der Waals surface area (Å²) in [5.41, 5.74) is 6.82. The van der Waals surface area contributed by atoms with Gasteiger partial charge in [-0.15, -0.1) is 0 Å². The second-order valence-corrected chi connectivity index (χ2v) is 9.48. The third kappa shape index (κ3) is 4.22. The molecule has 0 saturated heterocycles. The molecule has 0 unspecified atom stereocenters. The lowest BCUT2D eigenvalue weighted by Crippen LogP contribution is -2.16. The van der Waals surface area contributed by atoms with Crippen LogP contribution < -0.4 is 5.32 Å². The number of carbonyl (C=O) groups excluding carboxylic acids is 1. The van der Waals surface area contributed by atoms with Gasteiger partial charge in [-0.25, -0.2) is 4.98 Å². The largest absolute Gasteiger partial charge is 0.311 e. The fourth-order valence-corrected chi connectivity index (χ4v) is 3.90. The molecule has 0 aliphatic rings. The van der Waals surface area contributed by atoms with Crippen molar-refractivity contribution in [2.45, 2.75) is 32.6 Å². The van der Waals surface area contributed by atoms with Gasteiger partial charge in [0.25, 0.3) is 0 Å². The Labute approximate surface area is 197 Å². The Balaban J connectivity index is 1.30. The average molecular weight is 454 g/mol. The maximum absolute atomic E-state index is 12.6. The van der Waals surface area contributed by atoms with E-state index in [1.807, 2.05) is 54.5 Å². The molecule has 0 bridgehead atoms. The van der Waals surface area contributed by atoms with Crippen LogP contribution in [0.2, 0.25) is 0 Å². The molecule has 34 heavy (non-hydrogen) atoms. The van der Waals surface area contributed by atoms with E-state index in [2.05, 4.69) is 64.6 Å². The number of nitrogens with one attached hydrogen (secondary N) is 2. The first kappa shape index (κ1) is 21.6. The monoisotopic (exact) mass is 453 g/mol. The summed E-state index contributed by atoms with van der Waals surface area (Å²) in [4.78, 5) is 17.2. The van der Waals surface area contributed by atoms with Gasteiger partial charge in [0.15, 0.2) is 0 Å². The zero-order valence-electron chi connectivity index (χ0n) is 19.7. The Bertz CT molecular complexity index is 1450. The van der Waals surface area contributed by atoms with Gasteiger partial charge < -0.3 is 5.32 Å². The van der Waals surface area contributed by atoms with Crippen molar-refractivity contribution in [3.8, 4) is 16.8 Å². The van der Waals surface area contributed by atoms with Gasteiger partial charge in [-0.3, -0.25) is 19.1 Å². The number of aromatic amines is 1. The summed E-state index contributed by atoms with van der Waals surface area (Å²) in [5.74, 6) is 0.627. The van der Waals surface area contributed by atoms with Crippen LogP contribution in [0.1, 0.15) is 32.0 Å². The van der Waals surface area contributed by atoms with Crippen molar-refractivity contribution in [3.63, 3.8) is 0 Å². The van der Waals surface area contributed by atoms with Crippen LogP contribution in [0.3, 0.4) is 0 Å². The maximum atomic E-state index is 12.6. The molecule has 0 radical (unpaired) electrons. The molecule has 2 aromatic carbocycles. The second-order valence-electron chi connectivity index (χ2n) is 9.48. The van der Waals surface area contributed by atoms with Crippen LogP contribution in [0.15, 0.2) is 67.3 Å². The highest BCUT2D eigenvalue weighted by molar-refractivity contribution is 5.91. The average Bonchev–Trinajstić information content (AvgIpc) is 3.54. The molecule has 0 fully saturated rings. The summed E-state index contributed by atoms with van der Waals surface area (Å²) < 4.78 is 3.76. The van der Waals surface area contributed by atoms with E-state index >= 15 is 0 Å². The lowest BCUT2D eigenvalue weighted by molar-refractivity contribution is -0.115. The van der Waals surface area contributed by atoms with E-state index in [0.717, 1.165) is 39.1 Å². The fraction of sp³-hybridized carbons (Fsp3) is 0.231. The molecular formula is C26H27N7O. The number of benzene rings is 2. The molecule has 0 saturated carbocycles. The number of amides is 1. The molecule has 8 heteroatoms. The first-order chi connectivity index (χ1) is 16.3. The van der Waals surface area contributed by atoms with E-state index in [9.17, 15) is 4.79 Å². The van der Waals surface area contributed by atoms with Gasteiger partial charge in [0.05, 0.1) is 29.3 Å². The van der Waals surface area contributed by atoms with Gasteiger partial charge in [-0.05, 0) is 35.4 Å². The second kappa shape index (κ2) is 8.30. The Morgan fingerprint density at radius 2 is 1.85 bits per heavy atom. The summed E-state index contributed by atoms with van der Waals surface area (Å²) in [5, 5.41) is 14.3. The lowest BCUT2D eigenvalue weighted by Gasteiger charge is -2.13. The van der Waals surface area contributed by atoms with Gasteiger partial charge >= 0.3 is 0 Å². The normalized spacial score (nSPS) is 11.8. The highest BCUT2D eigenvalue weighted by atomic mass is 16.1. The van der Waals surface area contributed by atoms with E-state index in [1.165, 1.54) is 0 Å². The van der Waals surface area contributed by atoms with Gasteiger partial charge in [0, 0.05) is 36.0 Å². The van der Waals surface area contributed by atoms with E-state index in [1.54, 1.807) is 10.9 Å². The van der Waals surface area contributed by atoms with Crippen LogP contribution in [0.25, 0.3) is 27.8 Å².